The molecule has 164 valence electrons. The molecule has 1 aromatic carbocycles. The van der Waals surface area contributed by atoms with Gasteiger partial charge in [-0.1, -0.05) is 37.6 Å². The van der Waals surface area contributed by atoms with E-state index in [9.17, 15) is 13.2 Å². The van der Waals surface area contributed by atoms with Crippen molar-refractivity contribution in [3.63, 3.8) is 0 Å². The average molecular weight is 469 g/mol. The first kappa shape index (κ1) is 24.3. The molecule has 1 aromatic heterocycles. The number of hydrogen-bond acceptors (Lipinski definition) is 5. The van der Waals surface area contributed by atoms with Crippen molar-refractivity contribution in [3.05, 3.63) is 52.2 Å². The fourth-order valence-corrected chi connectivity index (χ4v) is 4.73. The molecule has 1 heterocycles. The molecule has 0 radical (unpaired) electrons. The summed E-state index contributed by atoms with van der Waals surface area (Å²) >= 11 is 6.84. The molecule has 2 rings (SSSR count). The highest BCUT2D eigenvalue weighted by molar-refractivity contribution is 7.89. The molecule has 0 spiro atoms. The summed E-state index contributed by atoms with van der Waals surface area (Å²) < 4.78 is 27.9. The fourth-order valence-electron chi connectivity index (χ4n) is 2.66. The van der Waals surface area contributed by atoms with Crippen LogP contribution in [0, 0.1) is 12.8 Å². The second-order valence-corrected chi connectivity index (χ2v) is 10.5. The smallest absolute Gasteiger partial charge is 0.256 e. The molecule has 7 nitrogen and oxygen atoms in total. The van der Waals surface area contributed by atoms with E-state index < -0.39 is 22.0 Å². The lowest BCUT2D eigenvalue weighted by Crippen LogP contribution is -2.54. The molecule has 0 saturated heterocycles. The van der Waals surface area contributed by atoms with Gasteiger partial charge in [-0.25, -0.2) is 8.42 Å². The summed E-state index contributed by atoms with van der Waals surface area (Å²) in [7, 11) is -3.83. The third kappa shape index (κ3) is 8.02. The van der Waals surface area contributed by atoms with Crippen LogP contribution < -0.4 is 20.9 Å². The number of hydrogen-bond donors (Lipinski definition) is 4. The number of aryl methyl sites for hydroxylation is 1. The maximum Gasteiger partial charge on any atom is 0.256 e. The maximum absolute atomic E-state index is 12.7. The Hall–Kier alpha value is -2.01. The first-order valence-electron chi connectivity index (χ1n) is 9.62. The van der Waals surface area contributed by atoms with Crippen LogP contribution in [0.1, 0.15) is 30.7 Å². The minimum atomic E-state index is -3.83. The molecule has 1 atom stereocenters. The zero-order valence-electron chi connectivity index (χ0n) is 17.3. The molecule has 10 heteroatoms. The first-order valence-corrected chi connectivity index (χ1v) is 12.4. The van der Waals surface area contributed by atoms with Crippen molar-refractivity contribution in [1.29, 1.82) is 0 Å². The van der Waals surface area contributed by atoms with Crippen LogP contribution in [0.5, 0.6) is 0 Å². The van der Waals surface area contributed by atoms with Crippen molar-refractivity contribution in [3.8, 4) is 0 Å². The van der Waals surface area contributed by atoms with Crippen LogP contribution in [0.25, 0.3) is 0 Å². The summed E-state index contributed by atoms with van der Waals surface area (Å²) in [4.78, 5) is 14.0. The van der Waals surface area contributed by atoms with Crippen LogP contribution in [-0.4, -0.2) is 32.0 Å². The van der Waals surface area contributed by atoms with Crippen molar-refractivity contribution in [1.82, 2.24) is 20.9 Å². The van der Waals surface area contributed by atoms with Gasteiger partial charge in [0.1, 0.15) is 6.04 Å². The highest BCUT2D eigenvalue weighted by Crippen LogP contribution is 2.13. The molecule has 2 aromatic rings. The number of thiocarbonyl (C=S) groups is 1. The fraction of sp³-hybridized carbons (Fsp3) is 0.400. The zero-order valence-corrected chi connectivity index (χ0v) is 19.7. The number of amides is 1. The number of hydrazine groups is 1. The SMILES string of the molecule is Cc1ccc(S(=O)(=O)N[C@@H](CC(C)C)C(=O)NNC(=S)NCCc2cccs2)cc1. The second-order valence-electron chi connectivity index (χ2n) is 7.32. The van der Waals surface area contributed by atoms with E-state index in [1.165, 1.54) is 17.0 Å². The number of carbonyl (C=O) groups is 1. The largest absolute Gasteiger partial charge is 0.361 e. The highest BCUT2D eigenvalue weighted by Gasteiger charge is 2.26. The van der Waals surface area contributed by atoms with E-state index in [1.807, 2.05) is 38.3 Å². The number of rotatable bonds is 9. The summed E-state index contributed by atoms with van der Waals surface area (Å²) in [5, 5.41) is 5.29. The molecule has 0 unspecified atom stereocenters. The molecule has 0 aliphatic heterocycles. The van der Waals surface area contributed by atoms with Crippen LogP contribution in [0.4, 0.5) is 0 Å². The van der Waals surface area contributed by atoms with Crippen molar-refractivity contribution in [2.45, 2.75) is 44.6 Å². The van der Waals surface area contributed by atoms with E-state index in [4.69, 9.17) is 12.2 Å². The van der Waals surface area contributed by atoms with Gasteiger partial charge in [-0.05, 0) is 61.5 Å². The van der Waals surface area contributed by atoms with Crippen LogP contribution in [-0.2, 0) is 21.2 Å². The van der Waals surface area contributed by atoms with E-state index in [2.05, 4.69) is 20.9 Å². The topological polar surface area (TPSA) is 99.3 Å². The van der Waals surface area contributed by atoms with Crippen LogP contribution in [0.3, 0.4) is 0 Å². The molecule has 0 bridgehead atoms. The minimum Gasteiger partial charge on any atom is -0.361 e. The summed E-state index contributed by atoms with van der Waals surface area (Å²) in [6.45, 7) is 6.34. The summed E-state index contributed by atoms with van der Waals surface area (Å²) in [5.41, 5.74) is 6.09. The number of thiophene rings is 1. The Kier molecular flexibility index (Phi) is 9.22. The lowest BCUT2D eigenvalue weighted by Gasteiger charge is -2.21. The van der Waals surface area contributed by atoms with E-state index in [-0.39, 0.29) is 15.9 Å². The first-order chi connectivity index (χ1) is 14.2. The Balaban J connectivity index is 1.90. The monoisotopic (exact) mass is 468 g/mol. The molecular weight excluding hydrogens is 440 g/mol. The van der Waals surface area contributed by atoms with E-state index in [0.717, 1.165) is 12.0 Å². The molecular formula is C20H28N4O3S3. The van der Waals surface area contributed by atoms with Gasteiger partial charge in [0.2, 0.25) is 10.0 Å². The van der Waals surface area contributed by atoms with Crippen molar-refractivity contribution >= 4 is 44.6 Å². The van der Waals surface area contributed by atoms with Gasteiger partial charge in [-0.3, -0.25) is 15.6 Å². The Morgan fingerprint density at radius 1 is 1.13 bits per heavy atom. The standard InChI is InChI=1S/C20H28N4O3S3/c1-14(2)13-18(24-30(26,27)17-8-6-15(3)7-9-17)19(25)22-23-20(28)21-11-10-16-5-4-12-29-16/h4-9,12,14,18,24H,10-11,13H2,1-3H3,(H,22,25)(H2,21,23,28)/t18-/m0/s1. The zero-order chi connectivity index (χ0) is 22.1. The van der Waals surface area contributed by atoms with E-state index >= 15 is 0 Å². The Labute approximate surface area is 187 Å². The highest BCUT2D eigenvalue weighted by atomic mass is 32.2. The van der Waals surface area contributed by atoms with Gasteiger partial charge in [-0.15, -0.1) is 11.3 Å². The summed E-state index contributed by atoms with van der Waals surface area (Å²) in [6, 6.07) is 9.57. The number of carbonyl (C=O) groups excluding carboxylic acids is 1. The lowest BCUT2D eigenvalue weighted by molar-refractivity contribution is -0.123. The molecule has 0 aliphatic carbocycles. The lowest BCUT2D eigenvalue weighted by atomic mass is 10.0. The quantitative estimate of drug-likeness (QED) is 0.333. The Morgan fingerprint density at radius 3 is 2.43 bits per heavy atom. The molecule has 0 saturated carbocycles. The predicted molar refractivity (Wildman–Crippen MR) is 125 cm³/mol. The van der Waals surface area contributed by atoms with Crippen molar-refractivity contribution in [2.24, 2.45) is 5.92 Å². The van der Waals surface area contributed by atoms with Gasteiger partial charge in [-0.2, -0.15) is 4.72 Å². The van der Waals surface area contributed by atoms with Crippen molar-refractivity contribution in [2.75, 3.05) is 6.54 Å². The van der Waals surface area contributed by atoms with E-state index in [0.29, 0.717) is 13.0 Å². The Bertz CT molecular complexity index is 927. The maximum atomic E-state index is 12.7. The van der Waals surface area contributed by atoms with Crippen LogP contribution in [0.2, 0.25) is 0 Å². The second kappa shape index (κ2) is 11.4. The normalized spacial score (nSPS) is 12.4. The minimum absolute atomic E-state index is 0.109. The van der Waals surface area contributed by atoms with Gasteiger partial charge >= 0.3 is 0 Å². The van der Waals surface area contributed by atoms with Gasteiger partial charge in [0.15, 0.2) is 5.11 Å². The van der Waals surface area contributed by atoms with Gasteiger partial charge in [0.25, 0.3) is 5.91 Å². The van der Waals surface area contributed by atoms with Crippen LogP contribution in [0.15, 0.2) is 46.7 Å². The van der Waals surface area contributed by atoms with Gasteiger partial charge < -0.3 is 5.32 Å². The van der Waals surface area contributed by atoms with Crippen molar-refractivity contribution < 1.29 is 13.2 Å². The summed E-state index contributed by atoms with van der Waals surface area (Å²) in [6.07, 6.45) is 1.16. The molecule has 1 amide bonds. The molecule has 30 heavy (non-hydrogen) atoms. The number of nitrogens with one attached hydrogen (secondary N) is 4. The number of benzene rings is 1. The molecule has 4 N–H and O–H groups in total. The average Bonchev–Trinajstić information content (AvgIpc) is 3.19. The van der Waals surface area contributed by atoms with Crippen LogP contribution >= 0.6 is 23.6 Å². The van der Waals surface area contributed by atoms with Gasteiger partial charge in [0, 0.05) is 11.4 Å². The Morgan fingerprint density at radius 2 is 1.83 bits per heavy atom. The summed E-state index contributed by atoms with van der Waals surface area (Å²) in [5.74, 6) is -0.390. The van der Waals surface area contributed by atoms with Gasteiger partial charge in [0.05, 0.1) is 4.90 Å². The number of sulfonamides is 1. The third-order valence-electron chi connectivity index (χ3n) is 4.19. The molecule has 0 fully saturated rings. The predicted octanol–water partition coefficient (Wildman–Crippen LogP) is 2.49. The van der Waals surface area contributed by atoms with E-state index in [1.54, 1.807) is 23.5 Å². The third-order valence-corrected chi connectivity index (χ3v) is 6.86. The molecule has 0 aliphatic rings.